The quantitative estimate of drug-likeness (QED) is 0.435. The molecule has 0 aliphatic heterocycles. The number of hydrogen-bond donors (Lipinski definition) is 3. The van der Waals surface area contributed by atoms with E-state index in [1.165, 1.54) is 0 Å². The van der Waals surface area contributed by atoms with Gasteiger partial charge in [-0.3, -0.25) is 4.21 Å². The lowest BCUT2D eigenvalue weighted by molar-refractivity contribution is 0.515. The van der Waals surface area contributed by atoms with Gasteiger partial charge >= 0.3 is 0 Å². The third-order valence-electron chi connectivity index (χ3n) is 2.83. The van der Waals surface area contributed by atoms with Crippen LogP contribution in [-0.2, 0) is 11.3 Å². The Balaban J connectivity index is 2.33. The van der Waals surface area contributed by atoms with Crippen LogP contribution in [0, 0.1) is 0 Å². The van der Waals surface area contributed by atoms with Gasteiger partial charge in [0.2, 0.25) is 0 Å². The van der Waals surface area contributed by atoms with Crippen LogP contribution in [0.25, 0.3) is 0 Å². The van der Waals surface area contributed by atoms with Crippen molar-refractivity contribution >= 4 is 22.9 Å². The van der Waals surface area contributed by atoms with E-state index in [1.54, 1.807) is 24.3 Å². The lowest BCUT2D eigenvalue weighted by Crippen LogP contribution is -2.24. The molecule has 110 valence electrons. The largest absolute Gasteiger partial charge is 0.760 e. The predicted octanol–water partition coefficient (Wildman–Crippen LogP) is 1.06. The van der Waals surface area contributed by atoms with Crippen LogP contribution in [0.15, 0.2) is 59.6 Å². The van der Waals surface area contributed by atoms with Crippen LogP contribution in [-0.4, -0.2) is 14.7 Å². The number of benzene rings is 2. The summed E-state index contributed by atoms with van der Waals surface area (Å²) in [6.07, 6.45) is 0. The second-order valence-corrected chi connectivity index (χ2v) is 5.03. The molecule has 2 unspecified atom stereocenters. The van der Waals surface area contributed by atoms with Crippen LogP contribution in [0.2, 0.25) is 0 Å². The molecule has 2 aromatic rings. The highest BCUT2D eigenvalue weighted by atomic mass is 32.2. The molecule has 2 rings (SSSR count). The highest BCUT2D eigenvalue weighted by Crippen LogP contribution is 2.24. The molecule has 0 heterocycles. The van der Waals surface area contributed by atoms with Crippen LogP contribution < -0.4 is 16.2 Å². The number of nitrogens with one attached hydrogen (secondary N) is 1. The van der Waals surface area contributed by atoms with Crippen molar-refractivity contribution < 1.29 is 8.76 Å². The van der Waals surface area contributed by atoms with Crippen LogP contribution in [0.4, 0.5) is 5.69 Å². The zero-order chi connectivity index (χ0) is 15.2. The Labute approximate surface area is 125 Å². The number of nitrogens with zero attached hydrogens (tertiary/aromatic N) is 1. The van der Waals surface area contributed by atoms with Crippen LogP contribution in [0.1, 0.15) is 17.2 Å². The van der Waals surface area contributed by atoms with E-state index in [4.69, 9.17) is 11.5 Å². The van der Waals surface area contributed by atoms with E-state index in [0.717, 1.165) is 11.1 Å². The molecule has 6 nitrogen and oxygen atoms in total. The van der Waals surface area contributed by atoms with Gasteiger partial charge in [-0.2, -0.15) is 0 Å². The van der Waals surface area contributed by atoms with Crippen molar-refractivity contribution in [2.45, 2.75) is 6.04 Å². The highest BCUT2D eigenvalue weighted by Gasteiger charge is 2.13. The van der Waals surface area contributed by atoms with E-state index >= 15 is 0 Å². The maximum absolute atomic E-state index is 11.0. The molecule has 0 bridgehead atoms. The van der Waals surface area contributed by atoms with Gasteiger partial charge in [0.1, 0.15) is 0 Å². The molecule has 0 saturated heterocycles. The summed E-state index contributed by atoms with van der Waals surface area (Å²) in [5, 5.41) is 0. The van der Waals surface area contributed by atoms with E-state index in [2.05, 4.69) is 9.71 Å². The van der Waals surface area contributed by atoms with Crippen LogP contribution in [0.3, 0.4) is 0 Å². The minimum absolute atomic E-state index is 0.0267. The van der Waals surface area contributed by atoms with Gasteiger partial charge in [-0.15, -0.1) is 0 Å². The molecular formula is C14H15N4O2S-. The summed E-state index contributed by atoms with van der Waals surface area (Å²) < 4.78 is 24.5. The summed E-state index contributed by atoms with van der Waals surface area (Å²) in [6, 6.07) is 15.8. The van der Waals surface area contributed by atoms with Gasteiger partial charge in [-0.25, -0.2) is 9.71 Å². The van der Waals surface area contributed by atoms with Gasteiger partial charge in [0.15, 0.2) is 5.96 Å². The van der Waals surface area contributed by atoms with E-state index in [-0.39, 0.29) is 5.96 Å². The fourth-order valence-corrected chi connectivity index (χ4v) is 2.43. The molecule has 0 aliphatic carbocycles. The number of hydrogen-bond acceptors (Lipinski definition) is 3. The fourth-order valence-electron chi connectivity index (χ4n) is 1.96. The van der Waals surface area contributed by atoms with E-state index in [0.29, 0.717) is 5.69 Å². The SMILES string of the molecule is NC(N)=Nc1ccc(C(NS(=O)[O-])c2ccccc2)cc1. The molecule has 2 aromatic carbocycles. The predicted molar refractivity (Wildman–Crippen MR) is 82.3 cm³/mol. The standard InChI is InChI=1S/C14H16N4O2S/c15-14(16)17-12-8-6-11(7-9-12)13(18-21(19)20)10-4-2-1-3-5-10/h1-9,13,18H,(H,19,20)(H4,15,16,17)/p-1. The van der Waals surface area contributed by atoms with Crippen molar-refractivity contribution in [2.24, 2.45) is 16.5 Å². The molecule has 0 aliphatic rings. The molecule has 0 fully saturated rings. The number of aliphatic imine (C=N–C) groups is 1. The molecule has 0 amide bonds. The topological polar surface area (TPSA) is 117 Å². The van der Waals surface area contributed by atoms with Gasteiger partial charge in [0, 0.05) is 11.3 Å². The molecule has 0 saturated carbocycles. The average molecular weight is 303 g/mol. The minimum Gasteiger partial charge on any atom is -0.760 e. The maximum Gasteiger partial charge on any atom is 0.191 e. The van der Waals surface area contributed by atoms with Crippen LogP contribution >= 0.6 is 0 Å². The number of nitrogens with two attached hydrogens (primary N) is 2. The summed E-state index contributed by atoms with van der Waals surface area (Å²) in [4.78, 5) is 3.92. The summed E-state index contributed by atoms with van der Waals surface area (Å²) in [5.74, 6) is -0.0267. The zero-order valence-corrected chi connectivity index (χ0v) is 11.9. The molecule has 5 N–H and O–H groups in total. The molecular weight excluding hydrogens is 288 g/mol. The van der Waals surface area contributed by atoms with Gasteiger partial charge in [-0.1, -0.05) is 42.5 Å². The van der Waals surface area contributed by atoms with Gasteiger partial charge in [0.25, 0.3) is 0 Å². The fraction of sp³-hybridized carbons (Fsp3) is 0.0714. The zero-order valence-electron chi connectivity index (χ0n) is 11.1. The van der Waals surface area contributed by atoms with E-state index in [1.807, 2.05) is 30.3 Å². The molecule has 0 radical (unpaired) electrons. The Morgan fingerprint density at radius 2 is 1.62 bits per heavy atom. The van der Waals surface area contributed by atoms with E-state index < -0.39 is 17.3 Å². The monoisotopic (exact) mass is 303 g/mol. The van der Waals surface area contributed by atoms with Gasteiger partial charge in [0.05, 0.1) is 11.7 Å². The second-order valence-electron chi connectivity index (χ2n) is 4.32. The van der Waals surface area contributed by atoms with Gasteiger partial charge in [-0.05, 0) is 23.3 Å². The van der Waals surface area contributed by atoms with Crippen molar-refractivity contribution in [1.29, 1.82) is 0 Å². The van der Waals surface area contributed by atoms with Crippen molar-refractivity contribution in [3.05, 3.63) is 65.7 Å². The summed E-state index contributed by atoms with van der Waals surface area (Å²) >= 11 is -2.38. The highest BCUT2D eigenvalue weighted by molar-refractivity contribution is 7.77. The first-order chi connectivity index (χ1) is 10.1. The minimum atomic E-state index is -2.38. The lowest BCUT2D eigenvalue weighted by atomic mass is 9.99. The van der Waals surface area contributed by atoms with Gasteiger partial charge < -0.3 is 16.0 Å². The maximum atomic E-state index is 11.0. The molecule has 2 atom stereocenters. The third-order valence-corrected chi connectivity index (χ3v) is 3.26. The molecule has 7 heteroatoms. The van der Waals surface area contributed by atoms with Crippen molar-refractivity contribution in [2.75, 3.05) is 0 Å². The smallest absolute Gasteiger partial charge is 0.191 e. The molecule has 0 aromatic heterocycles. The van der Waals surface area contributed by atoms with Crippen LogP contribution in [0.5, 0.6) is 0 Å². The summed E-state index contributed by atoms with van der Waals surface area (Å²) in [7, 11) is 0. The Hall–Kier alpha value is -2.22. The Morgan fingerprint density at radius 1 is 1.05 bits per heavy atom. The Morgan fingerprint density at radius 3 is 2.14 bits per heavy atom. The van der Waals surface area contributed by atoms with Crippen molar-refractivity contribution in [3.8, 4) is 0 Å². The number of rotatable bonds is 5. The Bertz CT molecular complexity index is 640. The summed E-state index contributed by atoms with van der Waals surface area (Å²) in [5.41, 5.74) is 12.9. The summed E-state index contributed by atoms with van der Waals surface area (Å²) in [6.45, 7) is 0. The van der Waals surface area contributed by atoms with Crippen molar-refractivity contribution in [3.63, 3.8) is 0 Å². The molecule has 21 heavy (non-hydrogen) atoms. The average Bonchev–Trinajstić information content (AvgIpc) is 2.46. The first kappa shape index (κ1) is 15.2. The van der Waals surface area contributed by atoms with E-state index in [9.17, 15) is 8.76 Å². The first-order valence-corrected chi connectivity index (χ1v) is 7.24. The lowest BCUT2D eigenvalue weighted by Gasteiger charge is -2.21. The first-order valence-electron chi connectivity index (χ1n) is 6.16. The Kier molecular flexibility index (Phi) is 5.04. The number of guanidine groups is 1. The normalized spacial score (nSPS) is 13.4. The van der Waals surface area contributed by atoms with Crippen molar-refractivity contribution in [1.82, 2.24) is 4.72 Å². The second kappa shape index (κ2) is 6.98. The third kappa shape index (κ3) is 4.38. The molecule has 0 spiro atoms.